The molecule has 0 spiro atoms. The molecular formula is C19H29NO5S. The van der Waals surface area contributed by atoms with Crippen LogP contribution in [0.5, 0.6) is 5.75 Å². The second kappa shape index (κ2) is 8.39. The van der Waals surface area contributed by atoms with Crippen molar-refractivity contribution >= 4 is 15.8 Å². The fourth-order valence-corrected chi connectivity index (χ4v) is 4.55. The molecule has 1 aromatic rings. The highest BCUT2D eigenvalue weighted by Gasteiger charge is 2.39. The van der Waals surface area contributed by atoms with Crippen LogP contribution in [0.25, 0.3) is 0 Å². The largest absolute Gasteiger partial charge is 0.486 e. The number of carbonyl (C=O) groups is 1. The number of hydrogen-bond acceptors (Lipinski definition) is 5. The normalized spacial score (nSPS) is 20.0. The van der Waals surface area contributed by atoms with E-state index in [-0.39, 0.29) is 18.2 Å². The van der Waals surface area contributed by atoms with E-state index < -0.39 is 26.8 Å². The summed E-state index contributed by atoms with van der Waals surface area (Å²) in [5.74, 6) is 0.0342. The summed E-state index contributed by atoms with van der Waals surface area (Å²) in [5, 5.41) is 11.4. The van der Waals surface area contributed by atoms with Gasteiger partial charge in [-0.05, 0) is 44.7 Å². The van der Waals surface area contributed by atoms with Crippen LogP contribution >= 0.6 is 0 Å². The van der Waals surface area contributed by atoms with Gasteiger partial charge in [0, 0.05) is 12.2 Å². The smallest absolute Gasteiger partial charge is 0.303 e. The molecule has 7 heteroatoms. The minimum atomic E-state index is -3.30. The molecule has 2 N–H and O–H groups in total. The number of benzene rings is 1. The number of hydrogen-bond donors (Lipinski definition) is 2. The van der Waals surface area contributed by atoms with E-state index in [4.69, 9.17) is 9.84 Å². The van der Waals surface area contributed by atoms with E-state index in [2.05, 4.69) is 5.32 Å². The van der Waals surface area contributed by atoms with Crippen molar-refractivity contribution in [2.75, 3.05) is 5.75 Å². The van der Waals surface area contributed by atoms with Crippen LogP contribution in [0.3, 0.4) is 0 Å². The number of carboxylic acid groups (broad SMARTS) is 1. The molecule has 0 saturated carbocycles. The van der Waals surface area contributed by atoms with Crippen molar-refractivity contribution in [2.45, 2.75) is 69.9 Å². The Balaban J connectivity index is 2.12. The first kappa shape index (κ1) is 20.7. The molecule has 146 valence electrons. The molecule has 1 aromatic carbocycles. The zero-order valence-corrected chi connectivity index (χ0v) is 16.5. The summed E-state index contributed by atoms with van der Waals surface area (Å²) in [4.78, 5) is 10.7. The minimum Gasteiger partial charge on any atom is -0.486 e. The summed E-state index contributed by atoms with van der Waals surface area (Å²) in [6.07, 6.45) is 2.17. The molecule has 2 unspecified atom stereocenters. The lowest BCUT2D eigenvalue weighted by molar-refractivity contribution is -0.137. The first-order chi connectivity index (χ1) is 12.2. The Bertz CT molecular complexity index is 729. The predicted octanol–water partition coefficient (Wildman–Crippen LogP) is 2.76. The molecule has 0 aliphatic carbocycles. The third-order valence-corrected chi connectivity index (χ3v) is 6.98. The Morgan fingerprint density at radius 1 is 1.35 bits per heavy atom. The van der Waals surface area contributed by atoms with Gasteiger partial charge in [0.15, 0.2) is 9.84 Å². The zero-order chi connectivity index (χ0) is 19.4. The van der Waals surface area contributed by atoms with E-state index in [9.17, 15) is 13.2 Å². The van der Waals surface area contributed by atoms with Crippen molar-refractivity contribution in [3.8, 4) is 5.75 Å². The van der Waals surface area contributed by atoms with Gasteiger partial charge in [0.25, 0.3) is 0 Å². The summed E-state index contributed by atoms with van der Waals surface area (Å²) in [6.45, 7) is 5.56. The average molecular weight is 384 g/mol. The summed E-state index contributed by atoms with van der Waals surface area (Å²) in [7, 11) is -3.30. The van der Waals surface area contributed by atoms with Gasteiger partial charge in [0.1, 0.15) is 16.7 Å². The van der Waals surface area contributed by atoms with Gasteiger partial charge in [-0.25, -0.2) is 8.42 Å². The molecule has 0 bridgehead atoms. The van der Waals surface area contributed by atoms with Gasteiger partial charge in [0.05, 0.1) is 6.04 Å². The number of nitrogens with one attached hydrogen (secondary N) is 1. The first-order valence-electron chi connectivity index (χ1n) is 9.12. The molecule has 0 fully saturated rings. The Morgan fingerprint density at radius 3 is 2.69 bits per heavy atom. The van der Waals surface area contributed by atoms with Crippen LogP contribution in [0.2, 0.25) is 0 Å². The van der Waals surface area contributed by atoms with Gasteiger partial charge in [-0.1, -0.05) is 31.5 Å². The van der Waals surface area contributed by atoms with Crippen LogP contribution in [0.1, 0.15) is 52.0 Å². The average Bonchev–Trinajstić information content (AvgIpc) is 2.57. The lowest BCUT2D eigenvalue weighted by atomic mass is 9.88. The molecule has 1 aliphatic heterocycles. The Hall–Kier alpha value is -1.60. The summed E-state index contributed by atoms with van der Waals surface area (Å²) < 4.78 is 31.2. The van der Waals surface area contributed by atoms with Crippen LogP contribution in [0, 0.1) is 0 Å². The van der Waals surface area contributed by atoms with E-state index >= 15 is 0 Å². The van der Waals surface area contributed by atoms with Gasteiger partial charge in [-0.3, -0.25) is 10.1 Å². The molecule has 0 radical (unpaired) electrons. The molecule has 0 amide bonds. The van der Waals surface area contributed by atoms with E-state index in [1.165, 1.54) is 0 Å². The first-order valence-corrected chi connectivity index (χ1v) is 10.8. The molecular weight excluding hydrogens is 354 g/mol. The number of aliphatic carboxylic acids is 1. The highest BCUT2D eigenvalue weighted by molar-refractivity contribution is 7.91. The third kappa shape index (κ3) is 5.20. The molecule has 0 saturated heterocycles. The number of ether oxygens (including phenoxy) is 1. The fourth-order valence-electron chi connectivity index (χ4n) is 3.25. The SMILES string of the molecule is CCS(=O)(=O)C(CCCCC(=O)O)NC1Cc2ccccc2OC1(C)C. The van der Waals surface area contributed by atoms with Crippen LogP contribution in [-0.4, -0.2) is 42.3 Å². The Labute approximate surface area is 155 Å². The number of sulfone groups is 1. The fraction of sp³-hybridized carbons (Fsp3) is 0.632. The number of fused-ring (bicyclic) bond motifs is 1. The Kier molecular flexibility index (Phi) is 6.69. The predicted molar refractivity (Wildman–Crippen MR) is 101 cm³/mol. The molecule has 1 heterocycles. The van der Waals surface area contributed by atoms with Crippen LogP contribution in [0.15, 0.2) is 24.3 Å². The molecule has 1 aliphatic rings. The Morgan fingerprint density at radius 2 is 2.04 bits per heavy atom. The van der Waals surface area contributed by atoms with Crippen LogP contribution < -0.4 is 10.1 Å². The van der Waals surface area contributed by atoms with E-state index in [0.29, 0.717) is 25.7 Å². The number of carboxylic acids is 1. The number of para-hydroxylation sites is 1. The number of unbranched alkanes of at least 4 members (excludes halogenated alkanes) is 1. The van der Waals surface area contributed by atoms with Crippen molar-refractivity contribution < 1.29 is 23.1 Å². The molecule has 6 nitrogen and oxygen atoms in total. The molecule has 2 atom stereocenters. The molecule has 26 heavy (non-hydrogen) atoms. The van der Waals surface area contributed by atoms with Gasteiger partial charge in [-0.15, -0.1) is 0 Å². The second-order valence-corrected chi connectivity index (χ2v) is 9.79. The van der Waals surface area contributed by atoms with Crippen molar-refractivity contribution in [2.24, 2.45) is 0 Å². The topological polar surface area (TPSA) is 92.7 Å². The summed E-state index contributed by atoms with van der Waals surface area (Å²) in [6, 6.07) is 7.65. The third-order valence-electron chi connectivity index (χ3n) is 4.94. The lowest BCUT2D eigenvalue weighted by Crippen LogP contribution is -2.58. The van der Waals surface area contributed by atoms with Crippen molar-refractivity contribution in [1.82, 2.24) is 5.32 Å². The van der Waals surface area contributed by atoms with Crippen molar-refractivity contribution in [3.63, 3.8) is 0 Å². The van der Waals surface area contributed by atoms with Crippen LogP contribution in [0.4, 0.5) is 0 Å². The van der Waals surface area contributed by atoms with Gasteiger partial charge in [0.2, 0.25) is 0 Å². The molecule has 2 rings (SSSR count). The zero-order valence-electron chi connectivity index (χ0n) is 15.7. The maximum absolute atomic E-state index is 12.5. The standard InChI is InChI=1S/C19H29NO5S/c1-4-26(23,24)17(11-7-8-12-18(21)22)20-16-13-14-9-5-6-10-15(14)25-19(16,2)3/h5-6,9-10,16-17,20H,4,7-8,11-13H2,1-3H3,(H,21,22). The van der Waals surface area contributed by atoms with E-state index in [1.54, 1.807) is 6.92 Å². The monoisotopic (exact) mass is 383 g/mol. The van der Waals surface area contributed by atoms with Gasteiger partial charge < -0.3 is 9.84 Å². The summed E-state index contributed by atoms with van der Waals surface area (Å²) >= 11 is 0. The van der Waals surface area contributed by atoms with Gasteiger partial charge in [-0.2, -0.15) is 0 Å². The minimum absolute atomic E-state index is 0.0498. The quantitative estimate of drug-likeness (QED) is 0.637. The summed E-state index contributed by atoms with van der Waals surface area (Å²) in [5.41, 5.74) is 0.513. The van der Waals surface area contributed by atoms with Crippen LogP contribution in [-0.2, 0) is 21.1 Å². The van der Waals surface area contributed by atoms with Crippen molar-refractivity contribution in [1.29, 1.82) is 0 Å². The van der Waals surface area contributed by atoms with E-state index in [1.807, 2.05) is 38.1 Å². The lowest BCUT2D eigenvalue weighted by Gasteiger charge is -2.42. The second-order valence-electron chi connectivity index (χ2n) is 7.32. The highest BCUT2D eigenvalue weighted by atomic mass is 32.2. The van der Waals surface area contributed by atoms with Crippen molar-refractivity contribution in [3.05, 3.63) is 29.8 Å². The maximum atomic E-state index is 12.5. The molecule has 0 aromatic heterocycles. The highest BCUT2D eigenvalue weighted by Crippen LogP contribution is 2.33. The number of rotatable bonds is 9. The van der Waals surface area contributed by atoms with Gasteiger partial charge >= 0.3 is 5.97 Å². The maximum Gasteiger partial charge on any atom is 0.303 e. The van der Waals surface area contributed by atoms with E-state index in [0.717, 1.165) is 11.3 Å².